The van der Waals surface area contributed by atoms with E-state index in [2.05, 4.69) is 5.32 Å². The van der Waals surface area contributed by atoms with Gasteiger partial charge >= 0.3 is 0 Å². The van der Waals surface area contributed by atoms with Gasteiger partial charge in [-0.15, -0.1) is 0 Å². The maximum atomic E-state index is 12.7. The number of Topliss-reactive ketones (excluding diaryl/α,β-unsaturated/α-hetero) is 1. The minimum atomic E-state index is -0.908. The van der Waals surface area contributed by atoms with E-state index in [1.165, 1.54) is 0 Å². The first kappa shape index (κ1) is 20.7. The van der Waals surface area contributed by atoms with E-state index in [-0.39, 0.29) is 18.7 Å². The van der Waals surface area contributed by atoms with Crippen molar-refractivity contribution in [2.24, 2.45) is 0 Å². The Bertz CT molecular complexity index is 890. The lowest BCUT2D eigenvalue weighted by atomic mass is 10.1. The fraction of sp³-hybridized carbons (Fsp3) is 0.318. The number of para-hydroxylation sites is 1. The number of aliphatic hydroxyl groups excluding tert-OH is 2. The predicted octanol–water partition coefficient (Wildman–Crippen LogP) is 2.45. The number of ketones is 1. The van der Waals surface area contributed by atoms with Crippen LogP contribution in [0.3, 0.4) is 0 Å². The molecule has 7 nitrogen and oxygen atoms in total. The summed E-state index contributed by atoms with van der Waals surface area (Å²) in [5.41, 5.74) is 1.56. The van der Waals surface area contributed by atoms with Crippen LogP contribution in [0, 0.1) is 0 Å². The minimum absolute atomic E-state index is 0.00983. The zero-order chi connectivity index (χ0) is 21.0. The summed E-state index contributed by atoms with van der Waals surface area (Å²) in [6, 6.07) is 13.4. The van der Waals surface area contributed by atoms with E-state index in [1.807, 2.05) is 0 Å². The highest BCUT2D eigenvalue weighted by atomic mass is 16.3. The summed E-state index contributed by atoms with van der Waals surface area (Å²) < 4.78 is 0. The summed E-state index contributed by atoms with van der Waals surface area (Å²) in [4.78, 5) is 38.7. The Morgan fingerprint density at radius 1 is 0.966 bits per heavy atom. The SMILES string of the molecule is CC(O)CCC(O)Nc1ccccc1C(=O)CCN1C(=O)c2ccccc2C1=O. The molecule has 2 aromatic rings. The van der Waals surface area contributed by atoms with Crippen LogP contribution < -0.4 is 5.32 Å². The van der Waals surface area contributed by atoms with Crippen molar-refractivity contribution in [3.8, 4) is 0 Å². The summed E-state index contributed by atoms with van der Waals surface area (Å²) in [7, 11) is 0. The monoisotopic (exact) mass is 396 g/mol. The van der Waals surface area contributed by atoms with E-state index in [9.17, 15) is 24.6 Å². The molecule has 1 aliphatic heterocycles. The van der Waals surface area contributed by atoms with Gasteiger partial charge in [-0.1, -0.05) is 24.3 Å². The summed E-state index contributed by atoms with van der Waals surface area (Å²) >= 11 is 0. The lowest BCUT2D eigenvalue weighted by Crippen LogP contribution is -2.32. The standard InChI is InChI=1S/C22H24N2O5/c1-14(25)10-11-20(27)23-18-9-5-4-8-17(18)19(26)12-13-24-21(28)15-6-2-3-7-16(15)22(24)29/h2-9,14,20,23,25,27H,10-13H2,1H3. The van der Waals surface area contributed by atoms with Crippen LogP contribution in [0.1, 0.15) is 57.3 Å². The normalized spacial score (nSPS) is 15.2. The molecule has 0 fully saturated rings. The van der Waals surface area contributed by atoms with E-state index >= 15 is 0 Å². The maximum absolute atomic E-state index is 12.7. The summed E-state index contributed by atoms with van der Waals surface area (Å²) in [5, 5.41) is 22.3. The molecular weight excluding hydrogens is 372 g/mol. The fourth-order valence-corrected chi connectivity index (χ4v) is 3.29. The van der Waals surface area contributed by atoms with Gasteiger partial charge in [0, 0.05) is 24.2 Å². The second-order valence-corrected chi connectivity index (χ2v) is 7.11. The number of carbonyl (C=O) groups excluding carboxylic acids is 3. The van der Waals surface area contributed by atoms with Crippen molar-refractivity contribution in [1.29, 1.82) is 0 Å². The minimum Gasteiger partial charge on any atom is -0.393 e. The molecule has 2 amide bonds. The van der Waals surface area contributed by atoms with E-state index in [0.29, 0.717) is 35.2 Å². The number of fused-ring (bicyclic) bond motifs is 1. The number of carbonyl (C=O) groups is 3. The summed E-state index contributed by atoms with van der Waals surface area (Å²) in [5.74, 6) is -1.02. The number of aliphatic hydroxyl groups is 2. The van der Waals surface area contributed by atoms with Crippen LogP contribution >= 0.6 is 0 Å². The molecule has 0 saturated heterocycles. The molecule has 1 heterocycles. The highest BCUT2D eigenvalue weighted by molar-refractivity contribution is 6.21. The van der Waals surface area contributed by atoms with Crippen molar-refractivity contribution >= 4 is 23.3 Å². The van der Waals surface area contributed by atoms with E-state index in [0.717, 1.165) is 4.90 Å². The number of hydrogen-bond donors (Lipinski definition) is 3. The van der Waals surface area contributed by atoms with Crippen LogP contribution in [0.2, 0.25) is 0 Å². The van der Waals surface area contributed by atoms with Gasteiger partial charge < -0.3 is 15.5 Å². The van der Waals surface area contributed by atoms with Crippen molar-refractivity contribution in [2.75, 3.05) is 11.9 Å². The van der Waals surface area contributed by atoms with Crippen LogP contribution in [-0.2, 0) is 0 Å². The van der Waals surface area contributed by atoms with Crippen molar-refractivity contribution in [3.05, 3.63) is 65.2 Å². The van der Waals surface area contributed by atoms with Crippen LogP contribution in [0.25, 0.3) is 0 Å². The first-order valence-electron chi connectivity index (χ1n) is 9.58. The molecule has 2 atom stereocenters. The van der Waals surface area contributed by atoms with Crippen molar-refractivity contribution in [2.45, 2.75) is 38.5 Å². The van der Waals surface area contributed by atoms with Crippen molar-refractivity contribution in [3.63, 3.8) is 0 Å². The molecule has 29 heavy (non-hydrogen) atoms. The highest BCUT2D eigenvalue weighted by Gasteiger charge is 2.35. The van der Waals surface area contributed by atoms with Gasteiger partial charge in [0.25, 0.3) is 11.8 Å². The molecule has 3 N–H and O–H groups in total. The average Bonchev–Trinajstić information content (AvgIpc) is 2.95. The largest absolute Gasteiger partial charge is 0.393 e. The Kier molecular flexibility index (Phi) is 6.41. The van der Waals surface area contributed by atoms with Gasteiger partial charge in [-0.3, -0.25) is 19.3 Å². The number of rotatable bonds is 9. The smallest absolute Gasteiger partial charge is 0.261 e. The third-order valence-corrected chi connectivity index (χ3v) is 4.85. The fourth-order valence-electron chi connectivity index (χ4n) is 3.29. The second kappa shape index (κ2) is 8.98. The molecule has 152 valence electrons. The van der Waals surface area contributed by atoms with Gasteiger partial charge in [-0.25, -0.2) is 0 Å². The quantitative estimate of drug-likeness (QED) is 0.341. The second-order valence-electron chi connectivity index (χ2n) is 7.11. The van der Waals surface area contributed by atoms with E-state index < -0.39 is 24.1 Å². The number of anilines is 1. The van der Waals surface area contributed by atoms with Crippen LogP contribution in [0.5, 0.6) is 0 Å². The molecule has 0 aliphatic carbocycles. The first-order chi connectivity index (χ1) is 13.9. The molecule has 0 saturated carbocycles. The summed E-state index contributed by atoms with van der Waals surface area (Å²) in [6.45, 7) is 1.63. The lowest BCUT2D eigenvalue weighted by Gasteiger charge is -2.18. The molecule has 0 spiro atoms. The third-order valence-electron chi connectivity index (χ3n) is 4.85. The molecule has 2 aromatic carbocycles. The molecule has 7 heteroatoms. The van der Waals surface area contributed by atoms with Gasteiger partial charge in [0.1, 0.15) is 6.23 Å². The van der Waals surface area contributed by atoms with Gasteiger partial charge in [-0.2, -0.15) is 0 Å². The number of imide groups is 1. The topological polar surface area (TPSA) is 107 Å². The van der Waals surface area contributed by atoms with E-state index in [4.69, 9.17) is 0 Å². The number of nitrogens with zero attached hydrogens (tertiary/aromatic N) is 1. The average molecular weight is 396 g/mol. The number of benzene rings is 2. The molecule has 3 rings (SSSR count). The summed E-state index contributed by atoms with van der Waals surface area (Å²) in [6.07, 6.45) is -0.703. The number of amides is 2. The van der Waals surface area contributed by atoms with Gasteiger partial charge in [0.2, 0.25) is 0 Å². The lowest BCUT2D eigenvalue weighted by molar-refractivity contribution is 0.0649. The molecule has 0 aromatic heterocycles. The predicted molar refractivity (Wildman–Crippen MR) is 108 cm³/mol. The third kappa shape index (κ3) is 4.70. The Hall–Kier alpha value is -3.03. The molecule has 0 radical (unpaired) electrons. The Labute approximate surface area is 169 Å². The molecule has 2 unspecified atom stereocenters. The van der Waals surface area contributed by atoms with Crippen LogP contribution in [0.15, 0.2) is 48.5 Å². The molecule has 0 bridgehead atoms. The zero-order valence-electron chi connectivity index (χ0n) is 16.2. The zero-order valence-corrected chi connectivity index (χ0v) is 16.2. The van der Waals surface area contributed by atoms with Gasteiger partial charge in [-0.05, 0) is 44.0 Å². The van der Waals surface area contributed by atoms with Crippen LogP contribution in [0.4, 0.5) is 5.69 Å². The Morgan fingerprint density at radius 2 is 1.55 bits per heavy atom. The van der Waals surface area contributed by atoms with Crippen molar-refractivity contribution in [1.82, 2.24) is 4.90 Å². The number of nitrogens with one attached hydrogen (secondary N) is 1. The Balaban J connectivity index is 1.65. The van der Waals surface area contributed by atoms with E-state index in [1.54, 1.807) is 55.5 Å². The maximum Gasteiger partial charge on any atom is 0.261 e. The highest BCUT2D eigenvalue weighted by Crippen LogP contribution is 2.24. The number of hydrogen-bond acceptors (Lipinski definition) is 6. The Morgan fingerprint density at radius 3 is 2.17 bits per heavy atom. The molecule has 1 aliphatic rings. The first-order valence-corrected chi connectivity index (χ1v) is 9.58. The van der Waals surface area contributed by atoms with Crippen molar-refractivity contribution < 1.29 is 24.6 Å². The van der Waals surface area contributed by atoms with Crippen LogP contribution in [-0.4, -0.2) is 51.6 Å². The molecular formula is C22H24N2O5. The van der Waals surface area contributed by atoms with Gasteiger partial charge in [0.05, 0.1) is 17.2 Å². The van der Waals surface area contributed by atoms with Gasteiger partial charge in [0.15, 0.2) is 5.78 Å².